The van der Waals surface area contributed by atoms with E-state index in [2.05, 4.69) is 19.6 Å². The number of rotatable bonds is 6. The first-order valence-electron chi connectivity index (χ1n) is 6.31. The average Bonchev–Trinajstić information content (AvgIpc) is 2.28. The SMILES string of the molecule is CCOC(=O)C[C@@H](O[Si](C)(C)C)c1ccccc1. The molecule has 0 N–H and O–H groups in total. The highest BCUT2D eigenvalue weighted by Gasteiger charge is 2.24. The second kappa shape index (κ2) is 6.71. The molecule has 0 spiro atoms. The topological polar surface area (TPSA) is 35.5 Å². The average molecular weight is 266 g/mol. The summed E-state index contributed by atoms with van der Waals surface area (Å²) in [4.78, 5) is 11.6. The molecular weight excluding hydrogens is 244 g/mol. The second-order valence-electron chi connectivity index (χ2n) is 5.14. The highest BCUT2D eigenvalue weighted by atomic mass is 28.4. The molecule has 0 radical (unpaired) electrons. The molecule has 0 unspecified atom stereocenters. The van der Waals surface area contributed by atoms with Crippen LogP contribution in [0.4, 0.5) is 0 Å². The third-order valence-electron chi connectivity index (χ3n) is 2.32. The molecule has 1 rings (SSSR count). The minimum atomic E-state index is -1.70. The fraction of sp³-hybridized carbons (Fsp3) is 0.500. The summed E-state index contributed by atoms with van der Waals surface area (Å²) in [5, 5.41) is 0. The molecule has 1 aromatic carbocycles. The summed E-state index contributed by atoms with van der Waals surface area (Å²) >= 11 is 0. The van der Waals surface area contributed by atoms with Crippen molar-refractivity contribution in [2.24, 2.45) is 0 Å². The van der Waals surface area contributed by atoms with Crippen LogP contribution in [0, 0.1) is 0 Å². The number of carbonyl (C=O) groups excluding carboxylic acids is 1. The van der Waals surface area contributed by atoms with Gasteiger partial charge in [-0.15, -0.1) is 0 Å². The Hall–Kier alpha value is -1.13. The van der Waals surface area contributed by atoms with Crippen molar-refractivity contribution in [3.8, 4) is 0 Å². The summed E-state index contributed by atoms with van der Waals surface area (Å²) < 4.78 is 11.1. The van der Waals surface area contributed by atoms with Gasteiger partial charge in [0.2, 0.25) is 0 Å². The van der Waals surface area contributed by atoms with Crippen molar-refractivity contribution in [1.82, 2.24) is 0 Å². The largest absolute Gasteiger partial charge is 0.466 e. The van der Waals surface area contributed by atoms with Crippen molar-refractivity contribution in [1.29, 1.82) is 0 Å². The number of esters is 1. The summed E-state index contributed by atoms with van der Waals surface area (Å²) in [5.74, 6) is -0.204. The Balaban J connectivity index is 2.79. The number of hydrogen-bond donors (Lipinski definition) is 0. The standard InChI is InChI=1S/C14H22O3Si/c1-5-16-14(15)11-13(17-18(2,3)4)12-9-7-6-8-10-12/h6-10,13H,5,11H2,1-4H3/t13-/m1/s1. The molecule has 100 valence electrons. The van der Waals surface area contributed by atoms with Crippen molar-refractivity contribution in [3.63, 3.8) is 0 Å². The molecule has 0 aliphatic heterocycles. The van der Waals surface area contributed by atoms with Crippen LogP contribution in [-0.4, -0.2) is 20.9 Å². The second-order valence-corrected chi connectivity index (χ2v) is 9.60. The molecule has 0 amide bonds. The van der Waals surface area contributed by atoms with Crippen LogP contribution in [0.3, 0.4) is 0 Å². The molecule has 0 aliphatic carbocycles. The lowest BCUT2D eigenvalue weighted by atomic mass is 10.1. The van der Waals surface area contributed by atoms with Gasteiger partial charge in [0.05, 0.1) is 19.1 Å². The van der Waals surface area contributed by atoms with Gasteiger partial charge in [-0.05, 0) is 32.1 Å². The minimum Gasteiger partial charge on any atom is -0.466 e. The quantitative estimate of drug-likeness (QED) is 0.583. The number of hydrogen-bond acceptors (Lipinski definition) is 3. The zero-order valence-corrected chi connectivity index (χ0v) is 12.6. The van der Waals surface area contributed by atoms with E-state index in [0.29, 0.717) is 6.61 Å². The van der Waals surface area contributed by atoms with Crippen molar-refractivity contribution in [2.75, 3.05) is 6.61 Å². The lowest BCUT2D eigenvalue weighted by Gasteiger charge is -2.26. The Morgan fingerprint density at radius 1 is 1.22 bits per heavy atom. The number of ether oxygens (including phenoxy) is 1. The highest BCUT2D eigenvalue weighted by molar-refractivity contribution is 6.69. The normalized spacial score (nSPS) is 13.1. The van der Waals surface area contributed by atoms with Gasteiger partial charge in [-0.3, -0.25) is 4.79 Å². The Bertz CT molecular complexity index is 370. The molecule has 18 heavy (non-hydrogen) atoms. The van der Waals surface area contributed by atoms with E-state index >= 15 is 0 Å². The zero-order chi connectivity index (χ0) is 13.6. The van der Waals surface area contributed by atoms with E-state index in [-0.39, 0.29) is 18.5 Å². The molecule has 0 fully saturated rings. The maximum absolute atomic E-state index is 11.6. The highest BCUT2D eigenvalue weighted by Crippen LogP contribution is 2.25. The number of benzene rings is 1. The van der Waals surface area contributed by atoms with Crippen molar-refractivity contribution >= 4 is 14.3 Å². The first-order valence-corrected chi connectivity index (χ1v) is 9.71. The summed E-state index contributed by atoms with van der Waals surface area (Å²) in [6.45, 7) is 8.58. The molecule has 1 atom stereocenters. The van der Waals surface area contributed by atoms with Crippen LogP contribution >= 0.6 is 0 Å². The lowest BCUT2D eigenvalue weighted by Crippen LogP contribution is -2.29. The summed E-state index contributed by atoms with van der Waals surface area (Å²) in [7, 11) is -1.70. The van der Waals surface area contributed by atoms with Crippen molar-refractivity contribution in [3.05, 3.63) is 35.9 Å². The summed E-state index contributed by atoms with van der Waals surface area (Å²) in [6.07, 6.45) is 0.0826. The monoisotopic (exact) mass is 266 g/mol. The van der Waals surface area contributed by atoms with Gasteiger partial charge < -0.3 is 9.16 Å². The van der Waals surface area contributed by atoms with Crippen LogP contribution < -0.4 is 0 Å². The van der Waals surface area contributed by atoms with E-state index in [1.54, 1.807) is 0 Å². The van der Waals surface area contributed by atoms with E-state index in [9.17, 15) is 4.79 Å². The first-order chi connectivity index (χ1) is 8.42. The predicted octanol–water partition coefficient (Wildman–Crippen LogP) is 3.53. The van der Waals surface area contributed by atoms with Gasteiger partial charge in [0.15, 0.2) is 8.32 Å². The van der Waals surface area contributed by atoms with Crippen molar-refractivity contribution < 1.29 is 14.0 Å². The summed E-state index contributed by atoms with van der Waals surface area (Å²) in [6, 6.07) is 9.86. The smallest absolute Gasteiger partial charge is 0.308 e. The van der Waals surface area contributed by atoms with Gasteiger partial charge in [0.25, 0.3) is 0 Å². The number of carbonyl (C=O) groups is 1. The van der Waals surface area contributed by atoms with Gasteiger partial charge in [-0.2, -0.15) is 0 Å². The lowest BCUT2D eigenvalue weighted by molar-refractivity contribution is -0.145. The zero-order valence-electron chi connectivity index (χ0n) is 11.6. The summed E-state index contributed by atoms with van der Waals surface area (Å²) in [5.41, 5.74) is 1.04. The molecule has 1 aromatic rings. The Morgan fingerprint density at radius 2 is 1.83 bits per heavy atom. The predicted molar refractivity (Wildman–Crippen MR) is 74.9 cm³/mol. The molecule has 0 saturated carbocycles. The van der Waals surface area contributed by atoms with Gasteiger partial charge in [-0.25, -0.2) is 0 Å². The molecule has 4 heteroatoms. The van der Waals surface area contributed by atoms with E-state index in [1.807, 2.05) is 37.3 Å². The van der Waals surface area contributed by atoms with Gasteiger partial charge in [-0.1, -0.05) is 30.3 Å². The molecular formula is C14H22O3Si. The van der Waals surface area contributed by atoms with E-state index in [1.165, 1.54) is 0 Å². The fourth-order valence-electron chi connectivity index (χ4n) is 1.69. The molecule has 0 aliphatic rings. The van der Waals surface area contributed by atoms with Crippen LogP contribution in [0.25, 0.3) is 0 Å². The third kappa shape index (κ3) is 5.47. The third-order valence-corrected chi connectivity index (χ3v) is 3.32. The van der Waals surface area contributed by atoms with E-state index < -0.39 is 8.32 Å². The Kier molecular flexibility index (Phi) is 5.56. The maximum Gasteiger partial charge on any atom is 0.308 e. The first kappa shape index (κ1) is 14.9. The van der Waals surface area contributed by atoms with Crippen LogP contribution in [0.5, 0.6) is 0 Å². The molecule has 0 saturated heterocycles. The van der Waals surface area contributed by atoms with E-state index in [0.717, 1.165) is 5.56 Å². The van der Waals surface area contributed by atoms with Crippen molar-refractivity contribution in [2.45, 2.75) is 39.1 Å². The van der Waals surface area contributed by atoms with E-state index in [4.69, 9.17) is 9.16 Å². The Labute approximate surface area is 110 Å². The van der Waals surface area contributed by atoms with Gasteiger partial charge in [0.1, 0.15) is 0 Å². The Morgan fingerprint density at radius 3 is 2.33 bits per heavy atom. The van der Waals surface area contributed by atoms with Crippen LogP contribution in [0.15, 0.2) is 30.3 Å². The molecule has 3 nitrogen and oxygen atoms in total. The maximum atomic E-state index is 11.6. The van der Waals surface area contributed by atoms with Crippen LogP contribution in [0.2, 0.25) is 19.6 Å². The molecule has 0 bridgehead atoms. The minimum absolute atomic E-state index is 0.197. The van der Waals surface area contributed by atoms with Gasteiger partial charge >= 0.3 is 5.97 Å². The molecule has 0 heterocycles. The fourth-order valence-corrected chi connectivity index (χ4v) is 2.77. The van der Waals surface area contributed by atoms with Crippen LogP contribution in [0.1, 0.15) is 25.0 Å². The molecule has 0 aromatic heterocycles. The van der Waals surface area contributed by atoms with Gasteiger partial charge in [0, 0.05) is 0 Å². The van der Waals surface area contributed by atoms with Crippen LogP contribution in [-0.2, 0) is 14.0 Å².